The van der Waals surface area contributed by atoms with Gasteiger partial charge in [-0.3, -0.25) is 0 Å². The lowest BCUT2D eigenvalue weighted by Crippen LogP contribution is -2.01. The predicted octanol–water partition coefficient (Wildman–Crippen LogP) is 1.46. The van der Waals surface area contributed by atoms with Crippen LogP contribution >= 0.6 is 0 Å². The minimum atomic E-state index is -1.05. The molecular weight excluding hydrogens is 182 g/mol. The smallest absolute Gasteiger partial charge is 0.339 e. The Morgan fingerprint density at radius 3 is 2.86 bits per heavy atom. The van der Waals surface area contributed by atoms with Crippen LogP contribution in [0.25, 0.3) is 0 Å². The van der Waals surface area contributed by atoms with Crippen molar-refractivity contribution >= 4 is 5.97 Å². The number of rotatable bonds is 3. The van der Waals surface area contributed by atoms with Gasteiger partial charge in [-0.05, 0) is 17.7 Å². The van der Waals surface area contributed by atoms with Gasteiger partial charge >= 0.3 is 5.97 Å². The molecule has 0 atom stereocenters. The number of methoxy groups -OCH3 is 1. The van der Waals surface area contributed by atoms with Crippen LogP contribution in [0.5, 0.6) is 5.75 Å². The Labute approximate surface area is 81.4 Å². The van der Waals surface area contributed by atoms with E-state index in [1.165, 1.54) is 13.2 Å². The van der Waals surface area contributed by atoms with Gasteiger partial charge in [0, 0.05) is 0 Å². The molecule has 0 aliphatic carbocycles. The summed E-state index contributed by atoms with van der Waals surface area (Å²) in [5.41, 5.74) is 0.756. The molecule has 1 rings (SSSR count). The summed E-state index contributed by atoms with van der Waals surface area (Å²) in [7, 11) is 1.41. The largest absolute Gasteiger partial charge is 0.496 e. The Bertz CT molecular complexity index is 393. The number of aromatic carboxylic acids is 1. The first-order valence-corrected chi connectivity index (χ1v) is 3.96. The van der Waals surface area contributed by atoms with E-state index in [0.29, 0.717) is 11.3 Å². The fourth-order valence-electron chi connectivity index (χ4n) is 1.12. The third-order valence-electron chi connectivity index (χ3n) is 1.78. The van der Waals surface area contributed by atoms with Crippen molar-refractivity contribution in [1.82, 2.24) is 0 Å². The summed E-state index contributed by atoms with van der Waals surface area (Å²) in [6.07, 6.45) is 0.199. The number of carboxylic acids is 1. The molecule has 0 amide bonds. The Kier molecular flexibility index (Phi) is 3.08. The summed E-state index contributed by atoms with van der Waals surface area (Å²) >= 11 is 0. The van der Waals surface area contributed by atoms with Gasteiger partial charge in [-0.25, -0.2) is 4.79 Å². The SMILES string of the molecule is COc1ccc(CC#N)cc1C(=O)O. The van der Waals surface area contributed by atoms with E-state index in [-0.39, 0.29) is 12.0 Å². The van der Waals surface area contributed by atoms with Gasteiger partial charge < -0.3 is 9.84 Å². The molecule has 14 heavy (non-hydrogen) atoms. The first-order valence-electron chi connectivity index (χ1n) is 3.96. The molecule has 0 bridgehead atoms. The van der Waals surface area contributed by atoms with Crippen molar-refractivity contribution in [3.8, 4) is 11.8 Å². The Morgan fingerprint density at radius 1 is 1.64 bits per heavy atom. The zero-order valence-corrected chi connectivity index (χ0v) is 7.65. The summed E-state index contributed by atoms with van der Waals surface area (Å²) in [5.74, 6) is -0.749. The van der Waals surface area contributed by atoms with E-state index in [4.69, 9.17) is 15.1 Å². The number of ether oxygens (including phenoxy) is 1. The number of carbonyl (C=O) groups is 1. The average molecular weight is 191 g/mol. The van der Waals surface area contributed by atoms with Crippen molar-refractivity contribution in [2.75, 3.05) is 7.11 Å². The van der Waals surface area contributed by atoms with Gasteiger partial charge in [0.25, 0.3) is 0 Å². The highest BCUT2D eigenvalue weighted by molar-refractivity contribution is 5.91. The molecule has 0 aliphatic rings. The molecule has 0 heterocycles. The molecule has 1 aromatic carbocycles. The van der Waals surface area contributed by atoms with E-state index in [2.05, 4.69) is 0 Å². The van der Waals surface area contributed by atoms with Gasteiger partial charge in [0.2, 0.25) is 0 Å². The van der Waals surface area contributed by atoms with Gasteiger partial charge in [0.1, 0.15) is 11.3 Å². The van der Waals surface area contributed by atoms with Crippen LogP contribution < -0.4 is 4.74 Å². The van der Waals surface area contributed by atoms with Crippen LogP contribution in [-0.4, -0.2) is 18.2 Å². The summed E-state index contributed by atoms with van der Waals surface area (Å²) in [6, 6.07) is 6.63. The molecule has 4 nitrogen and oxygen atoms in total. The molecule has 0 radical (unpaired) electrons. The zero-order valence-electron chi connectivity index (χ0n) is 7.65. The van der Waals surface area contributed by atoms with E-state index in [1.807, 2.05) is 6.07 Å². The minimum absolute atomic E-state index is 0.0836. The number of benzene rings is 1. The molecule has 0 unspecified atom stereocenters. The molecular formula is C10H9NO3. The maximum Gasteiger partial charge on any atom is 0.339 e. The Hall–Kier alpha value is -2.02. The number of nitrogens with zero attached hydrogens (tertiary/aromatic N) is 1. The van der Waals surface area contributed by atoms with Crippen molar-refractivity contribution in [2.24, 2.45) is 0 Å². The monoisotopic (exact) mass is 191 g/mol. The van der Waals surface area contributed by atoms with Gasteiger partial charge in [-0.2, -0.15) is 5.26 Å². The summed E-state index contributed by atoms with van der Waals surface area (Å²) < 4.78 is 4.88. The second kappa shape index (κ2) is 4.28. The molecule has 0 fully saturated rings. The molecule has 0 spiro atoms. The normalized spacial score (nSPS) is 9.14. The van der Waals surface area contributed by atoms with Crippen LogP contribution in [0.4, 0.5) is 0 Å². The molecule has 72 valence electrons. The van der Waals surface area contributed by atoms with Crippen molar-refractivity contribution in [1.29, 1.82) is 5.26 Å². The Morgan fingerprint density at radius 2 is 2.36 bits per heavy atom. The number of nitriles is 1. The van der Waals surface area contributed by atoms with E-state index in [1.54, 1.807) is 12.1 Å². The average Bonchev–Trinajstić information content (AvgIpc) is 2.18. The molecule has 1 aromatic rings. The van der Waals surface area contributed by atoms with Gasteiger partial charge in [0.15, 0.2) is 0 Å². The standard InChI is InChI=1S/C10H9NO3/c1-14-9-3-2-7(4-5-11)6-8(9)10(12)13/h2-3,6H,4H2,1H3,(H,12,13). The Balaban J connectivity index is 3.15. The lowest BCUT2D eigenvalue weighted by molar-refractivity contribution is 0.0693. The van der Waals surface area contributed by atoms with Gasteiger partial charge in [-0.15, -0.1) is 0 Å². The maximum absolute atomic E-state index is 10.8. The topological polar surface area (TPSA) is 70.3 Å². The fourth-order valence-corrected chi connectivity index (χ4v) is 1.12. The maximum atomic E-state index is 10.8. The van der Waals surface area contributed by atoms with Crippen LogP contribution in [0, 0.1) is 11.3 Å². The predicted molar refractivity (Wildman–Crippen MR) is 49.3 cm³/mol. The lowest BCUT2D eigenvalue weighted by Gasteiger charge is -2.05. The summed E-state index contributed by atoms with van der Waals surface area (Å²) in [5, 5.41) is 17.3. The molecule has 0 aromatic heterocycles. The van der Waals surface area contributed by atoms with Crippen LogP contribution in [-0.2, 0) is 6.42 Å². The molecule has 4 heteroatoms. The second-order valence-corrected chi connectivity index (χ2v) is 2.67. The minimum Gasteiger partial charge on any atom is -0.496 e. The van der Waals surface area contributed by atoms with Crippen LogP contribution in [0.2, 0.25) is 0 Å². The van der Waals surface area contributed by atoms with Crippen LogP contribution in [0.15, 0.2) is 18.2 Å². The van der Waals surface area contributed by atoms with Crippen LogP contribution in [0.3, 0.4) is 0 Å². The van der Waals surface area contributed by atoms with E-state index >= 15 is 0 Å². The summed E-state index contributed by atoms with van der Waals surface area (Å²) in [6.45, 7) is 0. The van der Waals surface area contributed by atoms with Gasteiger partial charge in [-0.1, -0.05) is 6.07 Å². The molecule has 0 saturated heterocycles. The lowest BCUT2D eigenvalue weighted by atomic mass is 10.1. The zero-order chi connectivity index (χ0) is 10.6. The fraction of sp³-hybridized carbons (Fsp3) is 0.200. The van der Waals surface area contributed by atoms with E-state index < -0.39 is 5.97 Å². The number of hydrogen-bond donors (Lipinski definition) is 1. The second-order valence-electron chi connectivity index (χ2n) is 2.67. The third kappa shape index (κ3) is 2.02. The van der Waals surface area contributed by atoms with Crippen molar-refractivity contribution in [3.63, 3.8) is 0 Å². The van der Waals surface area contributed by atoms with Crippen molar-refractivity contribution < 1.29 is 14.6 Å². The number of carboxylic acid groups (broad SMARTS) is 1. The molecule has 0 aliphatic heterocycles. The van der Waals surface area contributed by atoms with Crippen molar-refractivity contribution in [3.05, 3.63) is 29.3 Å². The first-order chi connectivity index (χ1) is 6.69. The highest BCUT2D eigenvalue weighted by Gasteiger charge is 2.10. The van der Waals surface area contributed by atoms with E-state index in [0.717, 1.165) is 0 Å². The first kappa shape index (κ1) is 10.1. The van der Waals surface area contributed by atoms with E-state index in [9.17, 15) is 4.79 Å². The van der Waals surface area contributed by atoms with Crippen molar-refractivity contribution in [2.45, 2.75) is 6.42 Å². The third-order valence-corrected chi connectivity index (χ3v) is 1.78. The highest BCUT2D eigenvalue weighted by Crippen LogP contribution is 2.19. The van der Waals surface area contributed by atoms with Crippen LogP contribution in [0.1, 0.15) is 15.9 Å². The quantitative estimate of drug-likeness (QED) is 0.785. The molecule has 0 saturated carbocycles. The summed E-state index contributed by atoms with van der Waals surface area (Å²) in [4.78, 5) is 10.8. The van der Waals surface area contributed by atoms with Gasteiger partial charge in [0.05, 0.1) is 19.6 Å². The highest BCUT2D eigenvalue weighted by atomic mass is 16.5. The number of hydrogen-bond acceptors (Lipinski definition) is 3. The molecule has 1 N–H and O–H groups in total.